The third-order valence-electron chi connectivity index (χ3n) is 5.20. The van der Waals surface area contributed by atoms with Crippen molar-refractivity contribution in [3.63, 3.8) is 0 Å². The Morgan fingerprint density at radius 1 is 1.39 bits per heavy atom. The fourth-order valence-corrected chi connectivity index (χ4v) is 4.92. The smallest absolute Gasteiger partial charge is 0.222 e. The first-order chi connectivity index (χ1) is 11.2. The molecule has 0 unspecified atom stereocenters. The first-order valence-corrected chi connectivity index (χ1v) is 9.70. The highest BCUT2D eigenvalue weighted by Gasteiger charge is 2.41. The summed E-state index contributed by atoms with van der Waals surface area (Å²) in [4.78, 5) is 16.5. The maximum absolute atomic E-state index is 12.6. The average Bonchev–Trinajstić information content (AvgIpc) is 3.20. The molecular formula is C18H28N2O2S. The van der Waals surface area contributed by atoms with Crippen LogP contribution in [-0.2, 0) is 16.0 Å². The van der Waals surface area contributed by atoms with Crippen molar-refractivity contribution in [2.45, 2.75) is 57.0 Å². The zero-order valence-electron chi connectivity index (χ0n) is 14.1. The minimum atomic E-state index is 0.0799. The quantitative estimate of drug-likeness (QED) is 0.868. The molecule has 1 aliphatic carbocycles. The Morgan fingerprint density at radius 3 is 2.78 bits per heavy atom. The molecule has 3 rings (SSSR count). The van der Waals surface area contributed by atoms with Crippen molar-refractivity contribution in [1.82, 2.24) is 10.2 Å². The van der Waals surface area contributed by atoms with E-state index in [0.29, 0.717) is 6.42 Å². The Labute approximate surface area is 143 Å². The molecule has 128 valence electrons. The Kier molecular flexibility index (Phi) is 5.72. The number of ether oxygens (including phenoxy) is 1. The summed E-state index contributed by atoms with van der Waals surface area (Å²) >= 11 is 1.76. The lowest BCUT2D eigenvalue weighted by molar-refractivity contribution is -0.126. The van der Waals surface area contributed by atoms with Crippen molar-refractivity contribution >= 4 is 17.2 Å². The normalized spacial score (nSPS) is 22.8. The number of carbonyl (C=O) groups is 1. The number of rotatable bonds is 6. The van der Waals surface area contributed by atoms with E-state index in [1.807, 2.05) is 0 Å². The highest BCUT2D eigenvalue weighted by Crippen LogP contribution is 2.38. The molecule has 0 radical (unpaired) electrons. The molecular weight excluding hydrogens is 308 g/mol. The van der Waals surface area contributed by atoms with Gasteiger partial charge in [-0.25, -0.2) is 0 Å². The van der Waals surface area contributed by atoms with Crippen LogP contribution in [0.2, 0.25) is 0 Å². The minimum absolute atomic E-state index is 0.0799. The van der Waals surface area contributed by atoms with E-state index in [2.05, 4.69) is 34.7 Å². The molecule has 1 aromatic heterocycles. The summed E-state index contributed by atoms with van der Waals surface area (Å²) in [5.41, 5.74) is 0.0799. The Bertz CT molecular complexity index is 491. The largest absolute Gasteiger partial charge is 0.379 e. The lowest BCUT2D eigenvalue weighted by Gasteiger charge is -2.43. The van der Waals surface area contributed by atoms with Gasteiger partial charge in [-0.15, -0.1) is 11.3 Å². The van der Waals surface area contributed by atoms with Crippen LogP contribution in [0.25, 0.3) is 0 Å². The van der Waals surface area contributed by atoms with E-state index >= 15 is 0 Å². The van der Waals surface area contributed by atoms with Gasteiger partial charge >= 0.3 is 0 Å². The van der Waals surface area contributed by atoms with E-state index in [1.165, 1.54) is 17.7 Å². The summed E-state index contributed by atoms with van der Waals surface area (Å²) in [6, 6.07) is 4.41. The Hall–Kier alpha value is -0.910. The summed E-state index contributed by atoms with van der Waals surface area (Å²) in [6.45, 7) is 5.65. The van der Waals surface area contributed by atoms with Crippen molar-refractivity contribution in [2.75, 3.05) is 26.3 Å². The van der Waals surface area contributed by atoms with Crippen molar-refractivity contribution in [3.8, 4) is 0 Å². The second-order valence-electron chi connectivity index (χ2n) is 6.96. The molecule has 2 aliphatic rings. The van der Waals surface area contributed by atoms with Crippen molar-refractivity contribution in [2.24, 2.45) is 0 Å². The van der Waals surface area contributed by atoms with Gasteiger partial charge in [0.25, 0.3) is 0 Å². The van der Waals surface area contributed by atoms with Gasteiger partial charge in [0.05, 0.1) is 13.2 Å². The summed E-state index contributed by atoms with van der Waals surface area (Å²) in [5.74, 6) is 0.211. The first kappa shape index (κ1) is 16.9. The van der Waals surface area contributed by atoms with Gasteiger partial charge in [0.1, 0.15) is 0 Å². The van der Waals surface area contributed by atoms with Crippen LogP contribution < -0.4 is 5.32 Å². The zero-order chi connectivity index (χ0) is 16.1. The number of hydrogen-bond donors (Lipinski definition) is 1. The van der Waals surface area contributed by atoms with Crippen LogP contribution in [0.3, 0.4) is 0 Å². The van der Waals surface area contributed by atoms with Crippen LogP contribution in [0.4, 0.5) is 0 Å². The van der Waals surface area contributed by atoms with Gasteiger partial charge in [-0.1, -0.05) is 18.9 Å². The number of nitrogens with one attached hydrogen (secondary N) is 1. The molecule has 2 fully saturated rings. The maximum atomic E-state index is 12.6. The molecule has 5 heteroatoms. The van der Waals surface area contributed by atoms with E-state index in [4.69, 9.17) is 4.74 Å². The summed E-state index contributed by atoms with van der Waals surface area (Å²) in [7, 11) is 0. The molecule has 2 heterocycles. The van der Waals surface area contributed by atoms with Gasteiger partial charge in [-0.2, -0.15) is 0 Å². The molecule has 1 amide bonds. The molecule has 4 nitrogen and oxygen atoms in total. The molecule has 1 N–H and O–H groups in total. The summed E-state index contributed by atoms with van der Waals surface area (Å²) in [5, 5.41) is 5.31. The second-order valence-corrected chi connectivity index (χ2v) is 7.99. The maximum Gasteiger partial charge on any atom is 0.222 e. The third-order valence-corrected chi connectivity index (χ3v) is 6.10. The number of nitrogens with zero attached hydrogens (tertiary/aromatic N) is 1. The number of hydrogen-bond acceptors (Lipinski definition) is 4. The first-order valence-electron chi connectivity index (χ1n) is 8.82. The van der Waals surface area contributed by atoms with Gasteiger partial charge in [0.15, 0.2) is 0 Å². The van der Waals surface area contributed by atoms with E-state index in [-0.39, 0.29) is 17.5 Å². The van der Waals surface area contributed by atoms with Crippen LogP contribution in [0.15, 0.2) is 17.5 Å². The molecule has 1 aliphatic heterocycles. The standard InChI is InChI=1S/C18H28N2O2S/c1-15(13-16-5-4-12-23-16)19-17(21)14-18(6-2-3-7-18)20-8-10-22-11-9-20/h4-5,12,15H,2-3,6-11,13-14H2,1H3,(H,19,21)/t15-/m0/s1. The van der Waals surface area contributed by atoms with Crippen LogP contribution in [-0.4, -0.2) is 48.7 Å². The van der Waals surface area contributed by atoms with Crippen LogP contribution in [0.5, 0.6) is 0 Å². The molecule has 0 aromatic carbocycles. The highest BCUT2D eigenvalue weighted by molar-refractivity contribution is 7.09. The molecule has 0 spiro atoms. The topological polar surface area (TPSA) is 41.6 Å². The lowest BCUT2D eigenvalue weighted by Crippen LogP contribution is -2.54. The number of amides is 1. The van der Waals surface area contributed by atoms with Crippen LogP contribution in [0.1, 0.15) is 43.9 Å². The Balaban J connectivity index is 1.55. The van der Waals surface area contributed by atoms with Crippen LogP contribution in [0, 0.1) is 0 Å². The third kappa shape index (κ3) is 4.34. The highest BCUT2D eigenvalue weighted by atomic mass is 32.1. The van der Waals surface area contributed by atoms with Gasteiger partial charge in [0.2, 0.25) is 5.91 Å². The molecule has 1 saturated heterocycles. The van der Waals surface area contributed by atoms with E-state index in [0.717, 1.165) is 45.6 Å². The van der Waals surface area contributed by atoms with Crippen molar-refractivity contribution < 1.29 is 9.53 Å². The molecule has 23 heavy (non-hydrogen) atoms. The van der Waals surface area contributed by atoms with Crippen molar-refractivity contribution in [3.05, 3.63) is 22.4 Å². The fraction of sp³-hybridized carbons (Fsp3) is 0.722. The van der Waals surface area contributed by atoms with Gasteiger partial charge in [-0.3, -0.25) is 9.69 Å². The number of morpholine rings is 1. The summed E-state index contributed by atoms with van der Waals surface area (Å²) < 4.78 is 5.49. The molecule has 1 saturated carbocycles. The molecule has 1 atom stereocenters. The predicted octanol–water partition coefficient (Wildman–Crippen LogP) is 2.83. The van der Waals surface area contributed by atoms with Gasteiger partial charge in [0, 0.05) is 42.4 Å². The van der Waals surface area contributed by atoms with Crippen LogP contribution >= 0.6 is 11.3 Å². The van der Waals surface area contributed by atoms with Crippen molar-refractivity contribution in [1.29, 1.82) is 0 Å². The van der Waals surface area contributed by atoms with E-state index in [9.17, 15) is 4.79 Å². The summed E-state index contributed by atoms with van der Waals surface area (Å²) in [6.07, 6.45) is 6.36. The zero-order valence-corrected chi connectivity index (χ0v) is 14.9. The monoisotopic (exact) mass is 336 g/mol. The van der Waals surface area contributed by atoms with Gasteiger partial charge in [-0.05, 0) is 31.2 Å². The van der Waals surface area contributed by atoms with Gasteiger partial charge < -0.3 is 10.1 Å². The molecule has 0 bridgehead atoms. The second kappa shape index (κ2) is 7.77. The number of thiophene rings is 1. The van der Waals surface area contributed by atoms with E-state index < -0.39 is 0 Å². The SMILES string of the molecule is C[C@@H](Cc1cccs1)NC(=O)CC1(N2CCOCC2)CCCC1. The average molecular weight is 337 g/mol. The molecule has 1 aromatic rings. The number of carbonyl (C=O) groups excluding carboxylic acids is 1. The fourth-order valence-electron chi connectivity index (χ4n) is 4.08. The minimum Gasteiger partial charge on any atom is -0.379 e. The predicted molar refractivity (Wildman–Crippen MR) is 93.8 cm³/mol. The van der Waals surface area contributed by atoms with E-state index in [1.54, 1.807) is 11.3 Å². The Morgan fingerprint density at radius 2 is 2.13 bits per heavy atom. The lowest BCUT2D eigenvalue weighted by atomic mass is 9.89.